The Morgan fingerprint density at radius 1 is 1.11 bits per heavy atom. The van der Waals surface area contributed by atoms with Gasteiger partial charge in [0.15, 0.2) is 0 Å². The van der Waals surface area contributed by atoms with E-state index in [1.165, 1.54) is 10.8 Å². The van der Waals surface area contributed by atoms with Gasteiger partial charge in [0.05, 0.1) is 30.4 Å². The molecule has 1 aliphatic rings. The van der Waals surface area contributed by atoms with E-state index in [1.54, 1.807) is 12.3 Å². The van der Waals surface area contributed by atoms with Crippen LogP contribution in [0.3, 0.4) is 0 Å². The van der Waals surface area contributed by atoms with Crippen LogP contribution in [0.5, 0.6) is 0 Å². The molecule has 4 rings (SSSR count). The second kappa shape index (κ2) is 8.18. The highest BCUT2D eigenvalue weighted by Crippen LogP contribution is 2.18. The third kappa shape index (κ3) is 3.86. The number of aromatic nitrogens is 3. The Morgan fingerprint density at radius 3 is 2.79 bits per heavy atom. The first-order valence-electron chi connectivity index (χ1n) is 9.20. The lowest BCUT2D eigenvalue weighted by Gasteiger charge is -2.29. The van der Waals surface area contributed by atoms with E-state index in [-0.39, 0.29) is 18.0 Å². The van der Waals surface area contributed by atoms with Crippen LogP contribution in [-0.2, 0) is 22.6 Å². The second-order valence-electron chi connectivity index (χ2n) is 6.53. The van der Waals surface area contributed by atoms with Crippen molar-refractivity contribution in [3.63, 3.8) is 0 Å². The summed E-state index contributed by atoms with van der Waals surface area (Å²) in [5.41, 5.74) is 1.95. The Balaban J connectivity index is 1.48. The number of amides is 1. The Bertz CT molecular complexity index is 1040. The van der Waals surface area contributed by atoms with Gasteiger partial charge < -0.3 is 15.0 Å². The molecule has 0 spiro atoms. The number of para-hydroxylation sites is 2. The molecule has 2 aromatic heterocycles. The van der Waals surface area contributed by atoms with E-state index in [4.69, 9.17) is 4.74 Å². The number of benzene rings is 1. The van der Waals surface area contributed by atoms with Gasteiger partial charge in [-0.15, -0.1) is 0 Å². The number of hydrogen-bond acceptors (Lipinski definition) is 6. The lowest BCUT2D eigenvalue weighted by atomic mass is 10.2. The van der Waals surface area contributed by atoms with Crippen LogP contribution >= 0.6 is 0 Å². The van der Waals surface area contributed by atoms with Crippen molar-refractivity contribution in [2.75, 3.05) is 31.2 Å². The van der Waals surface area contributed by atoms with Crippen LogP contribution < -0.4 is 15.8 Å². The zero-order valence-corrected chi connectivity index (χ0v) is 15.4. The number of pyridine rings is 1. The number of nitrogens with zero attached hydrogens (tertiary/aromatic N) is 4. The third-order valence-corrected chi connectivity index (χ3v) is 4.71. The van der Waals surface area contributed by atoms with Gasteiger partial charge in [0.2, 0.25) is 5.91 Å². The molecule has 0 radical (unpaired) electrons. The number of morpholine rings is 1. The lowest BCUT2D eigenvalue weighted by molar-refractivity contribution is -0.121. The number of anilines is 1. The second-order valence-corrected chi connectivity index (χ2v) is 6.53. The van der Waals surface area contributed by atoms with E-state index in [9.17, 15) is 9.59 Å². The molecule has 1 aliphatic heterocycles. The summed E-state index contributed by atoms with van der Waals surface area (Å²) in [5, 5.41) is 2.90. The zero-order valence-electron chi connectivity index (χ0n) is 15.4. The smallest absolute Gasteiger partial charge is 0.269 e. The highest BCUT2D eigenvalue weighted by atomic mass is 16.5. The summed E-state index contributed by atoms with van der Waals surface area (Å²) in [6.45, 7) is 3.17. The fourth-order valence-electron chi connectivity index (χ4n) is 3.30. The van der Waals surface area contributed by atoms with Gasteiger partial charge in [-0.1, -0.05) is 18.2 Å². The molecule has 1 N–H and O–H groups in total. The molecular weight excluding hydrogens is 358 g/mol. The van der Waals surface area contributed by atoms with E-state index in [0.29, 0.717) is 30.8 Å². The highest BCUT2D eigenvalue weighted by molar-refractivity contribution is 5.80. The Hall–Kier alpha value is -3.26. The standard InChI is InChI=1S/C20H21N5O3/c26-18(14-25-17-6-2-1-5-16(17)22-13-19(25)27)23-12-15-4-3-7-21-20(15)24-8-10-28-11-9-24/h1-7,13H,8-12,14H2,(H,23,26). The summed E-state index contributed by atoms with van der Waals surface area (Å²) in [5.74, 6) is 0.618. The van der Waals surface area contributed by atoms with Crippen molar-refractivity contribution in [3.05, 3.63) is 64.7 Å². The monoisotopic (exact) mass is 379 g/mol. The van der Waals surface area contributed by atoms with Crippen molar-refractivity contribution in [2.45, 2.75) is 13.1 Å². The average molecular weight is 379 g/mol. The molecule has 0 bridgehead atoms. The van der Waals surface area contributed by atoms with Crippen LogP contribution in [0.15, 0.2) is 53.6 Å². The highest BCUT2D eigenvalue weighted by Gasteiger charge is 2.16. The van der Waals surface area contributed by atoms with E-state index in [0.717, 1.165) is 24.5 Å². The normalized spacial score (nSPS) is 14.2. The van der Waals surface area contributed by atoms with Gasteiger partial charge in [-0.2, -0.15) is 0 Å². The van der Waals surface area contributed by atoms with Crippen molar-refractivity contribution in [1.29, 1.82) is 0 Å². The number of ether oxygens (including phenoxy) is 1. The number of fused-ring (bicyclic) bond motifs is 1. The molecule has 144 valence electrons. The Kier molecular flexibility index (Phi) is 5.29. The zero-order chi connectivity index (χ0) is 19.3. The molecule has 1 aromatic carbocycles. The molecule has 1 amide bonds. The molecule has 1 fully saturated rings. The van der Waals surface area contributed by atoms with Crippen molar-refractivity contribution in [3.8, 4) is 0 Å². The Labute approximate surface area is 161 Å². The fraction of sp³-hybridized carbons (Fsp3) is 0.300. The molecule has 0 saturated carbocycles. The van der Waals surface area contributed by atoms with E-state index in [2.05, 4.69) is 20.2 Å². The van der Waals surface area contributed by atoms with Gasteiger partial charge in [-0.3, -0.25) is 14.2 Å². The van der Waals surface area contributed by atoms with Crippen molar-refractivity contribution in [1.82, 2.24) is 19.9 Å². The van der Waals surface area contributed by atoms with Crippen LogP contribution in [0.25, 0.3) is 11.0 Å². The lowest BCUT2D eigenvalue weighted by Crippen LogP contribution is -2.38. The number of carbonyl (C=O) groups is 1. The predicted molar refractivity (Wildman–Crippen MR) is 105 cm³/mol. The molecule has 3 heterocycles. The molecule has 0 unspecified atom stereocenters. The number of rotatable bonds is 5. The van der Waals surface area contributed by atoms with Gasteiger partial charge in [0.25, 0.3) is 5.56 Å². The van der Waals surface area contributed by atoms with Crippen LogP contribution in [0.4, 0.5) is 5.82 Å². The molecule has 8 heteroatoms. The van der Waals surface area contributed by atoms with Gasteiger partial charge in [0, 0.05) is 31.4 Å². The SMILES string of the molecule is O=C(Cn1c(=O)cnc2ccccc21)NCc1cccnc1N1CCOCC1. The summed E-state index contributed by atoms with van der Waals surface area (Å²) in [6, 6.07) is 11.1. The average Bonchev–Trinajstić information content (AvgIpc) is 2.75. The van der Waals surface area contributed by atoms with Crippen molar-refractivity contribution < 1.29 is 9.53 Å². The van der Waals surface area contributed by atoms with Crippen LogP contribution in [0, 0.1) is 0 Å². The van der Waals surface area contributed by atoms with Gasteiger partial charge in [-0.25, -0.2) is 9.97 Å². The predicted octanol–water partition coefficient (Wildman–Crippen LogP) is 0.944. The summed E-state index contributed by atoms with van der Waals surface area (Å²) >= 11 is 0. The van der Waals surface area contributed by atoms with Crippen molar-refractivity contribution in [2.24, 2.45) is 0 Å². The first-order chi connectivity index (χ1) is 13.7. The summed E-state index contributed by atoms with van der Waals surface area (Å²) < 4.78 is 6.83. The van der Waals surface area contributed by atoms with E-state index in [1.807, 2.05) is 30.3 Å². The largest absolute Gasteiger partial charge is 0.378 e. The number of hydrogen-bond donors (Lipinski definition) is 1. The van der Waals surface area contributed by atoms with Crippen LogP contribution in [-0.4, -0.2) is 46.7 Å². The topological polar surface area (TPSA) is 89.3 Å². The Morgan fingerprint density at radius 2 is 1.93 bits per heavy atom. The number of carbonyl (C=O) groups excluding carboxylic acids is 1. The van der Waals surface area contributed by atoms with Gasteiger partial charge in [0.1, 0.15) is 12.4 Å². The summed E-state index contributed by atoms with van der Waals surface area (Å²) in [6.07, 6.45) is 2.99. The molecule has 8 nitrogen and oxygen atoms in total. The van der Waals surface area contributed by atoms with E-state index < -0.39 is 0 Å². The van der Waals surface area contributed by atoms with Gasteiger partial charge >= 0.3 is 0 Å². The quantitative estimate of drug-likeness (QED) is 0.710. The van der Waals surface area contributed by atoms with E-state index >= 15 is 0 Å². The van der Waals surface area contributed by atoms with Gasteiger partial charge in [-0.05, 0) is 18.2 Å². The molecule has 3 aromatic rings. The minimum atomic E-state index is -0.302. The molecule has 28 heavy (non-hydrogen) atoms. The molecule has 1 saturated heterocycles. The third-order valence-electron chi connectivity index (χ3n) is 4.71. The summed E-state index contributed by atoms with van der Waals surface area (Å²) in [7, 11) is 0. The van der Waals surface area contributed by atoms with Crippen LogP contribution in [0.1, 0.15) is 5.56 Å². The minimum Gasteiger partial charge on any atom is -0.378 e. The molecule has 0 atom stereocenters. The fourth-order valence-corrected chi connectivity index (χ4v) is 3.30. The van der Waals surface area contributed by atoms with Crippen molar-refractivity contribution >= 4 is 22.8 Å². The maximum atomic E-state index is 12.5. The molecule has 0 aliphatic carbocycles. The first kappa shape index (κ1) is 18.1. The van der Waals surface area contributed by atoms with Crippen LogP contribution in [0.2, 0.25) is 0 Å². The maximum Gasteiger partial charge on any atom is 0.269 e. The molecular formula is C20H21N5O3. The number of nitrogens with one attached hydrogen (secondary N) is 1. The minimum absolute atomic E-state index is 0.0605. The maximum absolute atomic E-state index is 12.5. The first-order valence-corrected chi connectivity index (χ1v) is 9.20. The summed E-state index contributed by atoms with van der Waals surface area (Å²) in [4.78, 5) is 35.5.